The molecule has 8 heteroatoms. The summed E-state index contributed by atoms with van der Waals surface area (Å²) in [7, 11) is 0. The van der Waals surface area contributed by atoms with E-state index < -0.39 is 17.2 Å². The minimum atomic E-state index is -0.948. The number of likely N-dealkylation sites (tertiary alicyclic amines) is 1. The molecular weight excluding hydrogens is 355 g/mol. The van der Waals surface area contributed by atoms with Crippen LogP contribution in [0.2, 0.25) is 0 Å². The number of amides is 1. The third-order valence-electron chi connectivity index (χ3n) is 5.10. The van der Waals surface area contributed by atoms with E-state index in [2.05, 4.69) is 5.16 Å². The number of hydrogen-bond donors (Lipinski definition) is 1. The summed E-state index contributed by atoms with van der Waals surface area (Å²) >= 11 is 0. The molecule has 1 atom stereocenters. The van der Waals surface area contributed by atoms with Gasteiger partial charge in [-0.05, 0) is 24.5 Å². The fourth-order valence-corrected chi connectivity index (χ4v) is 3.25. The Bertz CT molecular complexity index is 850. The Morgan fingerprint density at radius 2 is 2.15 bits per heavy atom. The molecule has 1 aliphatic heterocycles. The lowest BCUT2D eigenvalue weighted by Crippen LogP contribution is -2.40. The normalized spacial score (nSPS) is 19.5. The molecule has 144 valence electrons. The van der Waals surface area contributed by atoms with Gasteiger partial charge < -0.3 is 19.3 Å². The number of rotatable bonds is 6. The van der Waals surface area contributed by atoms with Gasteiger partial charge in [0.05, 0.1) is 5.41 Å². The first kappa shape index (κ1) is 18.9. The van der Waals surface area contributed by atoms with E-state index in [4.69, 9.17) is 9.26 Å². The van der Waals surface area contributed by atoms with E-state index in [0.717, 1.165) is 0 Å². The molecular formula is C19H21FN2O5. The van der Waals surface area contributed by atoms with Crippen molar-refractivity contribution in [2.75, 3.05) is 13.1 Å². The van der Waals surface area contributed by atoms with Crippen molar-refractivity contribution in [3.63, 3.8) is 0 Å². The number of carbonyl (C=O) groups excluding carboxylic acids is 1. The minimum absolute atomic E-state index is 0.0736. The van der Waals surface area contributed by atoms with Crippen molar-refractivity contribution in [1.29, 1.82) is 0 Å². The lowest BCUT2D eigenvalue weighted by Gasteiger charge is -2.28. The smallest absolute Gasteiger partial charge is 0.311 e. The van der Waals surface area contributed by atoms with Gasteiger partial charge in [0, 0.05) is 19.2 Å². The van der Waals surface area contributed by atoms with Crippen LogP contribution in [0.5, 0.6) is 5.75 Å². The summed E-state index contributed by atoms with van der Waals surface area (Å²) in [6.45, 7) is 4.09. The standard InChI is InChI=1S/C19H21FN2O5/c1-12(2)19(18(24)25)7-8-22(11-19)17(23)15-9-13(27-21-15)10-26-16-6-4-3-5-14(16)20/h3-6,9,12H,7-8,10-11H2,1-2H3,(H,24,25). The Balaban J connectivity index is 1.65. The number of aliphatic carboxylic acids is 1. The number of carbonyl (C=O) groups is 2. The van der Waals surface area contributed by atoms with Crippen LogP contribution in [0.15, 0.2) is 34.9 Å². The van der Waals surface area contributed by atoms with Crippen LogP contribution in [0.1, 0.15) is 36.5 Å². The fourth-order valence-electron chi connectivity index (χ4n) is 3.25. The maximum absolute atomic E-state index is 13.6. The minimum Gasteiger partial charge on any atom is -0.482 e. The molecule has 1 amide bonds. The summed E-state index contributed by atoms with van der Waals surface area (Å²) in [4.78, 5) is 25.8. The van der Waals surface area contributed by atoms with Gasteiger partial charge in [0.25, 0.3) is 5.91 Å². The Morgan fingerprint density at radius 3 is 2.78 bits per heavy atom. The number of carboxylic acids is 1. The number of hydrogen-bond acceptors (Lipinski definition) is 5. The average Bonchev–Trinajstić information content (AvgIpc) is 3.28. The number of halogens is 1. The first-order valence-electron chi connectivity index (χ1n) is 8.69. The zero-order valence-corrected chi connectivity index (χ0v) is 15.1. The SMILES string of the molecule is CC(C)C1(C(=O)O)CCN(C(=O)c2cc(COc3ccccc3F)on2)C1. The number of para-hydroxylation sites is 1. The predicted octanol–water partition coefficient (Wildman–Crippen LogP) is 2.97. The molecule has 0 saturated carbocycles. The molecule has 2 aromatic rings. The maximum atomic E-state index is 13.6. The van der Waals surface area contributed by atoms with E-state index in [9.17, 15) is 19.1 Å². The molecule has 1 fully saturated rings. The van der Waals surface area contributed by atoms with Crippen LogP contribution in [0.4, 0.5) is 4.39 Å². The van der Waals surface area contributed by atoms with Crippen molar-refractivity contribution < 1.29 is 28.3 Å². The Morgan fingerprint density at radius 1 is 1.41 bits per heavy atom. The molecule has 0 radical (unpaired) electrons. The molecule has 7 nitrogen and oxygen atoms in total. The van der Waals surface area contributed by atoms with E-state index in [1.165, 1.54) is 23.1 Å². The number of benzene rings is 1. The summed E-state index contributed by atoms with van der Waals surface area (Å²) in [6.07, 6.45) is 0.396. The van der Waals surface area contributed by atoms with E-state index >= 15 is 0 Å². The van der Waals surface area contributed by atoms with Gasteiger partial charge in [-0.1, -0.05) is 31.1 Å². The largest absolute Gasteiger partial charge is 0.482 e. The van der Waals surface area contributed by atoms with Crippen molar-refractivity contribution in [3.05, 3.63) is 47.6 Å². The Kier molecular flexibility index (Phi) is 5.16. The summed E-state index contributed by atoms with van der Waals surface area (Å²) in [5.41, 5.74) is -0.872. The van der Waals surface area contributed by atoms with Crippen molar-refractivity contribution in [2.24, 2.45) is 11.3 Å². The van der Waals surface area contributed by atoms with Crippen molar-refractivity contribution >= 4 is 11.9 Å². The lowest BCUT2D eigenvalue weighted by molar-refractivity contribution is -0.150. The van der Waals surface area contributed by atoms with Crippen molar-refractivity contribution in [2.45, 2.75) is 26.9 Å². The summed E-state index contributed by atoms with van der Waals surface area (Å²) in [5.74, 6) is -1.54. The first-order chi connectivity index (χ1) is 12.8. The van der Waals surface area contributed by atoms with Gasteiger partial charge in [-0.2, -0.15) is 0 Å². The molecule has 0 spiro atoms. The molecule has 1 unspecified atom stereocenters. The van der Waals surface area contributed by atoms with Gasteiger partial charge in [0.15, 0.2) is 23.0 Å². The van der Waals surface area contributed by atoms with Crippen molar-refractivity contribution in [1.82, 2.24) is 10.1 Å². The highest BCUT2D eigenvalue weighted by molar-refractivity contribution is 5.93. The van der Waals surface area contributed by atoms with Crippen molar-refractivity contribution in [3.8, 4) is 5.75 Å². The van der Waals surface area contributed by atoms with E-state index in [1.54, 1.807) is 12.1 Å². The van der Waals surface area contributed by atoms with Crippen LogP contribution in [-0.4, -0.2) is 40.1 Å². The number of aromatic nitrogens is 1. The average molecular weight is 376 g/mol. The molecule has 1 aromatic heterocycles. The molecule has 2 heterocycles. The molecule has 1 aromatic carbocycles. The Hall–Kier alpha value is -2.90. The fraction of sp³-hybridized carbons (Fsp3) is 0.421. The third-order valence-corrected chi connectivity index (χ3v) is 5.10. The summed E-state index contributed by atoms with van der Waals surface area (Å²) in [5, 5.41) is 13.3. The second kappa shape index (κ2) is 7.38. The van der Waals surface area contributed by atoms with Gasteiger partial charge in [-0.15, -0.1) is 0 Å². The molecule has 0 aliphatic carbocycles. The highest BCUT2D eigenvalue weighted by Crippen LogP contribution is 2.38. The summed E-state index contributed by atoms with van der Waals surface area (Å²) < 4.78 is 24.0. The van der Waals surface area contributed by atoms with Crippen LogP contribution in [-0.2, 0) is 11.4 Å². The lowest BCUT2D eigenvalue weighted by atomic mass is 9.76. The van der Waals surface area contributed by atoms with Gasteiger partial charge in [-0.3, -0.25) is 9.59 Å². The van der Waals surface area contributed by atoms with Gasteiger partial charge in [0.2, 0.25) is 0 Å². The first-order valence-corrected chi connectivity index (χ1v) is 8.69. The molecule has 1 aliphatic rings. The molecule has 0 bridgehead atoms. The quantitative estimate of drug-likeness (QED) is 0.833. The van der Waals surface area contributed by atoms with Gasteiger partial charge >= 0.3 is 5.97 Å². The number of carboxylic acid groups (broad SMARTS) is 1. The zero-order valence-electron chi connectivity index (χ0n) is 15.1. The van der Waals surface area contributed by atoms with E-state index in [1.807, 2.05) is 13.8 Å². The second-order valence-electron chi connectivity index (χ2n) is 6.99. The van der Waals surface area contributed by atoms with Gasteiger partial charge in [0.1, 0.15) is 6.61 Å². The monoisotopic (exact) mass is 376 g/mol. The second-order valence-corrected chi connectivity index (χ2v) is 6.99. The highest BCUT2D eigenvalue weighted by atomic mass is 19.1. The van der Waals surface area contributed by atoms with Crippen LogP contribution in [0.3, 0.4) is 0 Å². The van der Waals surface area contributed by atoms with Crippen LogP contribution < -0.4 is 4.74 Å². The molecule has 27 heavy (non-hydrogen) atoms. The predicted molar refractivity (Wildman–Crippen MR) is 92.7 cm³/mol. The maximum Gasteiger partial charge on any atom is 0.311 e. The zero-order chi connectivity index (χ0) is 19.6. The summed E-state index contributed by atoms with van der Waals surface area (Å²) in [6, 6.07) is 7.39. The molecule has 3 rings (SSSR count). The highest BCUT2D eigenvalue weighted by Gasteiger charge is 2.48. The Labute approximate surface area is 155 Å². The molecule has 1 saturated heterocycles. The number of ether oxygens (including phenoxy) is 1. The molecule has 1 N–H and O–H groups in total. The van der Waals surface area contributed by atoms with E-state index in [0.29, 0.717) is 13.0 Å². The topological polar surface area (TPSA) is 92.9 Å². The van der Waals surface area contributed by atoms with Gasteiger partial charge in [-0.25, -0.2) is 4.39 Å². The van der Waals surface area contributed by atoms with Crippen LogP contribution in [0.25, 0.3) is 0 Å². The van der Waals surface area contributed by atoms with E-state index in [-0.39, 0.29) is 42.2 Å². The van der Waals surface area contributed by atoms with Crippen LogP contribution >= 0.6 is 0 Å². The third kappa shape index (κ3) is 3.65. The van der Waals surface area contributed by atoms with Crippen LogP contribution in [0, 0.1) is 17.2 Å². The number of nitrogens with zero attached hydrogens (tertiary/aromatic N) is 2.